The van der Waals surface area contributed by atoms with Gasteiger partial charge >= 0.3 is 0 Å². The van der Waals surface area contributed by atoms with Gasteiger partial charge < -0.3 is 21.4 Å². The molecular formula is C23H23Cl2N7O2. The van der Waals surface area contributed by atoms with Crippen molar-refractivity contribution in [2.45, 2.75) is 25.6 Å². The Labute approximate surface area is 205 Å². The molecule has 9 nitrogen and oxygen atoms in total. The number of hydrogen-bond acceptors (Lipinski definition) is 6. The van der Waals surface area contributed by atoms with E-state index >= 15 is 0 Å². The van der Waals surface area contributed by atoms with Crippen LogP contribution in [0.25, 0.3) is 11.0 Å². The lowest BCUT2D eigenvalue weighted by atomic mass is 10.1. The smallest absolute Gasteiger partial charge is 0.294 e. The monoisotopic (exact) mass is 499 g/mol. The molecule has 4 aromatic rings. The van der Waals surface area contributed by atoms with Crippen LogP contribution in [0.3, 0.4) is 0 Å². The van der Waals surface area contributed by atoms with Crippen LogP contribution in [0.1, 0.15) is 11.1 Å². The van der Waals surface area contributed by atoms with Gasteiger partial charge in [0.2, 0.25) is 5.91 Å². The topological polar surface area (TPSA) is 131 Å². The molecule has 0 fully saturated rings. The van der Waals surface area contributed by atoms with Crippen molar-refractivity contribution in [3.05, 3.63) is 86.6 Å². The van der Waals surface area contributed by atoms with Crippen molar-refractivity contribution in [2.75, 3.05) is 11.9 Å². The summed E-state index contributed by atoms with van der Waals surface area (Å²) in [7, 11) is 0. The maximum Gasteiger partial charge on any atom is 0.294 e. The molecular weight excluding hydrogens is 477 g/mol. The highest BCUT2D eigenvalue weighted by molar-refractivity contribution is 6.35. The standard InChI is InChI=1S/C23H23Cl2N7O2/c24-18-11-29-21-17(18)7-15(10-28-21)9-27-20(33)13-32-19(25)12-30-22(23(32)34)31-16(8-26)6-14-4-2-1-3-5-14/h1-5,7,10-12,16H,6,8-9,13,26H2,(H,27,33)(H,28,29)(H,30,31)/t16-/m0/s1. The first kappa shape index (κ1) is 23.7. The number of rotatable bonds is 9. The van der Waals surface area contributed by atoms with Gasteiger partial charge in [0.05, 0.1) is 11.2 Å². The molecule has 5 N–H and O–H groups in total. The van der Waals surface area contributed by atoms with Crippen LogP contribution in [0, 0.1) is 0 Å². The van der Waals surface area contributed by atoms with Crippen LogP contribution >= 0.6 is 23.2 Å². The minimum absolute atomic E-state index is 0.0558. The number of nitrogens with zero attached hydrogens (tertiary/aromatic N) is 3. The number of carbonyl (C=O) groups excluding carboxylic acids is 1. The molecule has 0 aliphatic rings. The normalized spacial score (nSPS) is 12.0. The highest BCUT2D eigenvalue weighted by atomic mass is 35.5. The number of hydrogen-bond donors (Lipinski definition) is 4. The molecule has 1 amide bonds. The first-order valence-corrected chi connectivity index (χ1v) is 11.3. The fraction of sp³-hybridized carbons (Fsp3) is 0.217. The zero-order valence-corrected chi connectivity index (χ0v) is 19.6. The summed E-state index contributed by atoms with van der Waals surface area (Å²) in [5, 5.41) is 7.22. The van der Waals surface area contributed by atoms with Crippen molar-refractivity contribution in [3.63, 3.8) is 0 Å². The summed E-state index contributed by atoms with van der Waals surface area (Å²) >= 11 is 12.3. The molecule has 0 aliphatic heterocycles. The molecule has 1 aromatic carbocycles. The summed E-state index contributed by atoms with van der Waals surface area (Å²) in [4.78, 5) is 36.9. The number of carbonyl (C=O) groups is 1. The lowest BCUT2D eigenvalue weighted by Crippen LogP contribution is -2.37. The fourth-order valence-corrected chi connectivity index (χ4v) is 3.89. The Balaban J connectivity index is 1.42. The number of benzene rings is 1. The molecule has 0 bridgehead atoms. The average molecular weight is 500 g/mol. The number of aromatic nitrogens is 4. The van der Waals surface area contributed by atoms with E-state index in [-0.39, 0.29) is 36.0 Å². The molecule has 0 unspecified atom stereocenters. The number of nitrogens with one attached hydrogen (secondary N) is 3. The van der Waals surface area contributed by atoms with Gasteiger partial charge in [0.1, 0.15) is 17.3 Å². The predicted octanol–water partition coefficient (Wildman–Crippen LogP) is 2.72. The third-order valence-electron chi connectivity index (χ3n) is 5.28. The highest BCUT2D eigenvalue weighted by Gasteiger charge is 2.16. The van der Waals surface area contributed by atoms with E-state index < -0.39 is 5.56 Å². The quantitative estimate of drug-likeness (QED) is 0.280. The summed E-state index contributed by atoms with van der Waals surface area (Å²) in [5.74, 6) is -0.304. The summed E-state index contributed by atoms with van der Waals surface area (Å²) in [6.45, 7) is 0.252. The first-order valence-electron chi connectivity index (χ1n) is 10.6. The van der Waals surface area contributed by atoms with Crippen molar-refractivity contribution in [1.29, 1.82) is 0 Å². The molecule has 34 heavy (non-hydrogen) atoms. The van der Waals surface area contributed by atoms with Gasteiger partial charge in [0.25, 0.3) is 5.56 Å². The van der Waals surface area contributed by atoms with E-state index in [0.29, 0.717) is 23.6 Å². The van der Waals surface area contributed by atoms with Crippen LogP contribution in [-0.2, 0) is 24.3 Å². The Morgan fingerprint density at radius 3 is 2.71 bits per heavy atom. The minimum atomic E-state index is -0.503. The summed E-state index contributed by atoms with van der Waals surface area (Å²) in [6.07, 6.45) is 5.24. The van der Waals surface area contributed by atoms with Crippen LogP contribution in [0.5, 0.6) is 0 Å². The molecule has 11 heteroatoms. The van der Waals surface area contributed by atoms with Crippen molar-refractivity contribution in [1.82, 2.24) is 24.8 Å². The molecule has 0 saturated carbocycles. The van der Waals surface area contributed by atoms with E-state index in [1.807, 2.05) is 36.4 Å². The zero-order chi connectivity index (χ0) is 24.1. The van der Waals surface area contributed by atoms with Crippen molar-refractivity contribution >= 4 is 46.0 Å². The fourth-order valence-electron chi connectivity index (χ4n) is 3.51. The Morgan fingerprint density at radius 1 is 1.15 bits per heavy atom. The summed E-state index contributed by atoms with van der Waals surface area (Å²) in [5.41, 5.74) is 7.90. The van der Waals surface area contributed by atoms with Crippen LogP contribution < -0.4 is 21.9 Å². The Morgan fingerprint density at radius 2 is 1.94 bits per heavy atom. The molecule has 0 aliphatic carbocycles. The number of amides is 1. The number of fused-ring (bicyclic) bond motifs is 1. The molecule has 176 valence electrons. The zero-order valence-electron chi connectivity index (χ0n) is 18.1. The maximum absolute atomic E-state index is 13.0. The van der Waals surface area contributed by atoms with E-state index in [2.05, 4.69) is 25.6 Å². The Bertz CT molecular complexity index is 1350. The van der Waals surface area contributed by atoms with Gasteiger partial charge in [0, 0.05) is 36.9 Å². The number of pyridine rings is 1. The third-order valence-corrected chi connectivity index (χ3v) is 5.90. The minimum Gasteiger partial charge on any atom is -0.361 e. The average Bonchev–Trinajstić information content (AvgIpc) is 3.22. The molecule has 3 aromatic heterocycles. The van der Waals surface area contributed by atoms with Crippen molar-refractivity contribution < 1.29 is 4.79 Å². The summed E-state index contributed by atoms with van der Waals surface area (Å²) < 4.78 is 1.16. The van der Waals surface area contributed by atoms with Gasteiger partial charge in [-0.25, -0.2) is 9.97 Å². The number of anilines is 1. The van der Waals surface area contributed by atoms with Crippen LogP contribution in [0.15, 0.2) is 59.8 Å². The second kappa shape index (κ2) is 10.7. The summed E-state index contributed by atoms with van der Waals surface area (Å²) in [6, 6.07) is 11.4. The lowest BCUT2D eigenvalue weighted by molar-refractivity contribution is -0.121. The molecule has 4 rings (SSSR count). The number of aromatic amines is 1. The SMILES string of the molecule is NC[C@H](Cc1ccccc1)Nc1ncc(Cl)n(CC(=O)NCc2cnc3[nH]cc(Cl)c3c2)c1=O. The van der Waals surface area contributed by atoms with Gasteiger partial charge in [0.15, 0.2) is 5.82 Å². The van der Waals surface area contributed by atoms with Crippen LogP contribution in [-0.4, -0.2) is 38.0 Å². The van der Waals surface area contributed by atoms with Crippen LogP contribution in [0.2, 0.25) is 10.2 Å². The number of halogens is 2. The third kappa shape index (κ3) is 5.56. The highest BCUT2D eigenvalue weighted by Crippen LogP contribution is 2.22. The Kier molecular flexibility index (Phi) is 7.46. The van der Waals surface area contributed by atoms with E-state index in [1.165, 1.54) is 6.20 Å². The lowest BCUT2D eigenvalue weighted by Gasteiger charge is -2.18. The van der Waals surface area contributed by atoms with Gasteiger partial charge in [-0.1, -0.05) is 53.5 Å². The van der Waals surface area contributed by atoms with Crippen molar-refractivity contribution in [3.8, 4) is 0 Å². The second-order valence-corrected chi connectivity index (χ2v) is 8.54. The largest absolute Gasteiger partial charge is 0.361 e. The number of H-pyrrole nitrogens is 1. The number of nitrogens with two attached hydrogens (primary N) is 1. The van der Waals surface area contributed by atoms with E-state index in [0.717, 1.165) is 21.1 Å². The molecule has 3 heterocycles. The predicted molar refractivity (Wildman–Crippen MR) is 133 cm³/mol. The van der Waals surface area contributed by atoms with E-state index in [9.17, 15) is 9.59 Å². The van der Waals surface area contributed by atoms with Gasteiger partial charge in [-0.2, -0.15) is 0 Å². The molecule has 0 spiro atoms. The second-order valence-electron chi connectivity index (χ2n) is 7.74. The van der Waals surface area contributed by atoms with Crippen LogP contribution in [0.4, 0.5) is 5.82 Å². The molecule has 0 radical (unpaired) electrons. The maximum atomic E-state index is 13.0. The van der Waals surface area contributed by atoms with Gasteiger partial charge in [-0.15, -0.1) is 0 Å². The molecule has 1 atom stereocenters. The molecule has 0 saturated heterocycles. The van der Waals surface area contributed by atoms with Crippen molar-refractivity contribution in [2.24, 2.45) is 5.73 Å². The van der Waals surface area contributed by atoms with Gasteiger partial charge in [-0.3, -0.25) is 14.2 Å². The van der Waals surface area contributed by atoms with Gasteiger partial charge in [-0.05, 0) is 23.6 Å². The first-order chi connectivity index (χ1) is 16.4. The Hall–Kier alpha value is -3.40. The van der Waals surface area contributed by atoms with E-state index in [4.69, 9.17) is 28.9 Å². The van der Waals surface area contributed by atoms with E-state index in [1.54, 1.807) is 12.4 Å².